The molecule has 0 spiro atoms. The minimum atomic E-state index is -1.87. The molecule has 3 amide bonds. The summed E-state index contributed by atoms with van der Waals surface area (Å²) < 4.78 is 35.0. The smallest absolute Gasteiger partial charge is 0.409 e. The molecule has 2 N–H and O–H groups in total. The first kappa shape index (κ1) is 40.8. The second-order valence-corrected chi connectivity index (χ2v) is 14.2. The predicted molar refractivity (Wildman–Crippen MR) is 192 cm³/mol. The molecule has 15 heteroatoms. The van der Waals surface area contributed by atoms with Gasteiger partial charge in [0.25, 0.3) is 0 Å². The van der Waals surface area contributed by atoms with Crippen LogP contribution in [0.5, 0.6) is 5.75 Å². The van der Waals surface area contributed by atoms with Crippen molar-refractivity contribution in [1.29, 1.82) is 0 Å². The normalized spacial score (nSPS) is 32.9. The summed E-state index contributed by atoms with van der Waals surface area (Å²) in [7, 11) is 7.40. The van der Waals surface area contributed by atoms with Gasteiger partial charge in [-0.2, -0.15) is 0 Å². The lowest BCUT2D eigenvalue weighted by atomic mass is 9.83. The number of rotatable bonds is 7. The average molecular weight is 748 g/mol. The first-order valence-corrected chi connectivity index (χ1v) is 17.3. The van der Waals surface area contributed by atoms with E-state index in [4.69, 9.17) is 40.0 Å². The van der Waals surface area contributed by atoms with Gasteiger partial charge in [0.15, 0.2) is 5.72 Å². The largest absolute Gasteiger partial charge is 0.495 e. The number of carbonyl (C=O) groups is 4. The minimum absolute atomic E-state index is 0.0802. The third-order valence-electron chi connectivity index (χ3n) is 10.2. The number of nitrogens with zero attached hydrogens (tertiary/aromatic N) is 2. The van der Waals surface area contributed by atoms with Crippen LogP contribution >= 0.6 is 11.6 Å². The van der Waals surface area contributed by atoms with Crippen molar-refractivity contribution in [2.24, 2.45) is 5.92 Å². The SMILES string of the molecule is C=C(C)C(=O)N(C)[C@@H](C)C(=O)O[C@H]1CC(=O)N(C)c2cc(cc(OC)c2Cl)C(OC)/C(C)=C/C=C/[C@@H](OC)[C@@]2(O)C[C@H](OC(=O)N2)[C@@H](C)[C@@H]2O[C@@]12C. The van der Waals surface area contributed by atoms with Crippen LogP contribution in [0.2, 0.25) is 5.02 Å². The summed E-state index contributed by atoms with van der Waals surface area (Å²) in [6.07, 6.45) is -0.549. The van der Waals surface area contributed by atoms with E-state index in [1.807, 2.05) is 6.92 Å². The molecular formula is C37H50ClN3O11. The Bertz CT molecular complexity index is 1650. The Morgan fingerprint density at radius 2 is 1.88 bits per heavy atom. The lowest BCUT2D eigenvalue weighted by Crippen LogP contribution is -2.63. The van der Waals surface area contributed by atoms with Crippen LogP contribution in [0, 0.1) is 5.92 Å². The summed E-state index contributed by atoms with van der Waals surface area (Å²) in [4.78, 5) is 55.8. The molecule has 4 rings (SSSR count). The zero-order valence-electron chi connectivity index (χ0n) is 31.4. The molecule has 2 saturated heterocycles. The van der Waals surface area contributed by atoms with Crippen LogP contribution in [0.25, 0.3) is 0 Å². The topological polar surface area (TPSA) is 166 Å². The summed E-state index contributed by atoms with van der Waals surface area (Å²) in [6, 6.07) is 2.38. The van der Waals surface area contributed by atoms with E-state index in [0.29, 0.717) is 17.0 Å². The van der Waals surface area contributed by atoms with Crippen molar-refractivity contribution in [3.63, 3.8) is 0 Å². The molecule has 0 radical (unpaired) electrons. The van der Waals surface area contributed by atoms with Gasteiger partial charge in [0.1, 0.15) is 46.8 Å². The van der Waals surface area contributed by atoms with Gasteiger partial charge >= 0.3 is 12.1 Å². The number of methoxy groups -OCH3 is 3. The van der Waals surface area contributed by atoms with E-state index in [9.17, 15) is 24.3 Å². The molecule has 0 saturated carbocycles. The Hall–Kier alpha value is -3.95. The number of likely N-dealkylation sites (N-methyl/N-ethyl adjacent to an activating group) is 1. The van der Waals surface area contributed by atoms with Gasteiger partial charge in [0.2, 0.25) is 11.8 Å². The van der Waals surface area contributed by atoms with Gasteiger partial charge < -0.3 is 43.3 Å². The number of epoxide rings is 1. The van der Waals surface area contributed by atoms with Gasteiger partial charge in [-0.25, -0.2) is 9.59 Å². The van der Waals surface area contributed by atoms with Gasteiger partial charge in [0, 0.05) is 46.2 Å². The van der Waals surface area contributed by atoms with Gasteiger partial charge in [-0.3, -0.25) is 14.9 Å². The molecule has 2 fully saturated rings. The van der Waals surface area contributed by atoms with Gasteiger partial charge in [-0.05, 0) is 51.0 Å². The van der Waals surface area contributed by atoms with Gasteiger partial charge in [-0.15, -0.1) is 0 Å². The van der Waals surface area contributed by atoms with Crippen LogP contribution in [0.3, 0.4) is 0 Å². The van der Waals surface area contributed by atoms with Crippen LogP contribution in [-0.4, -0.2) is 111 Å². The number of nitrogens with one attached hydrogen (secondary N) is 1. The number of allylic oxidation sites excluding steroid dienone is 2. The van der Waals surface area contributed by atoms with E-state index >= 15 is 0 Å². The Morgan fingerprint density at radius 1 is 1.21 bits per heavy atom. The number of esters is 1. The molecule has 52 heavy (non-hydrogen) atoms. The number of amides is 3. The lowest BCUT2D eigenvalue weighted by Gasteiger charge is -2.42. The maximum absolute atomic E-state index is 14.2. The van der Waals surface area contributed by atoms with Gasteiger partial charge in [-0.1, -0.05) is 43.3 Å². The highest BCUT2D eigenvalue weighted by molar-refractivity contribution is 6.35. The first-order valence-electron chi connectivity index (χ1n) is 16.9. The second-order valence-electron chi connectivity index (χ2n) is 13.9. The van der Waals surface area contributed by atoms with Crippen LogP contribution in [0.1, 0.15) is 59.1 Å². The molecule has 0 aromatic heterocycles. The molecule has 3 aliphatic heterocycles. The van der Waals surface area contributed by atoms with Crippen LogP contribution in [-0.2, 0) is 38.1 Å². The maximum atomic E-state index is 14.2. The van der Waals surface area contributed by atoms with Crippen LogP contribution in [0.4, 0.5) is 10.5 Å². The molecule has 4 bridgehead atoms. The number of anilines is 1. The molecule has 1 aromatic rings. The Balaban J connectivity index is 1.84. The average Bonchev–Trinajstić information content (AvgIpc) is 3.79. The van der Waals surface area contributed by atoms with E-state index < -0.39 is 77.7 Å². The molecule has 1 aromatic carbocycles. The summed E-state index contributed by atoms with van der Waals surface area (Å²) in [5.41, 5.74) is -1.20. The summed E-state index contributed by atoms with van der Waals surface area (Å²) in [5, 5.41) is 14.4. The van der Waals surface area contributed by atoms with Crippen molar-refractivity contribution in [1.82, 2.24) is 10.2 Å². The molecule has 14 nitrogen and oxygen atoms in total. The maximum Gasteiger partial charge on any atom is 0.409 e. The highest BCUT2D eigenvalue weighted by Gasteiger charge is 2.64. The fourth-order valence-corrected chi connectivity index (χ4v) is 7.09. The standard InChI is InChI=1S/C37H50ClN3O11/c1-19(2)33(43)40(7)22(5)34(44)51-28-17-29(42)41(8)24-15-23(16-25(47-9)30(24)38)31(49-11)20(3)13-12-14-27(48-10)37(46)18-26(50-35(45)39-37)21(4)32-36(28,6)52-32/h12-16,21-22,26-28,31-32,46H,1,17-18H2,2-11H3,(H,39,45)/b14-12+,20-13+/t21-,22+,26+,27-,28+,31?,32+,36+,37+/m1/s1. The molecular weight excluding hydrogens is 698 g/mol. The molecule has 0 aliphatic carbocycles. The summed E-state index contributed by atoms with van der Waals surface area (Å²) in [6.45, 7) is 12.0. The molecule has 3 heterocycles. The number of benzene rings is 1. The Morgan fingerprint density at radius 3 is 2.48 bits per heavy atom. The number of ether oxygens (including phenoxy) is 6. The van der Waals surface area contributed by atoms with Gasteiger partial charge in [0.05, 0.1) is 25.3 Å². The quantitative estimate of drug-likeness (QED) is 0.233. The van der Waals surface area contributed by atoms with Crippen LogP contribution < -0.4 is 15.0 Å². The molecule has 286 valence electrons. The van der Waals surface area contributed by atoms with Crippen molar-refractivity contribution in [3.05, 3.63) is 58.7 Å². The Kier molecular flexibility index (Phi) is 12.5. The monoisotopic (exact) mass is 747 g/mol. The fourth-order valence-electron chi connectivity index (χ4n) is 6.77. The third-order valence-corrected chi connectivity index (χ3v) is 10.6. The van der Waals surface area contributed by atoms with Crippen molar-refractivity contribution in [3.8, 4) is 5.75 Å². The lowest BCUT2D eigenvalue weighted by molar-refractivity contribution is -0.161. The molecule has 1 unspecified atom stereocenters. The highest BCUT2D eigenvalue weighted by atomic mass is 35.5. The predicted octanol–water partition coefficient (Wildman–Crippen LogP) is 4.24. The van der Waals surface area contributed by atoms with Crippen molar-refractivity contribution in [2.45, 2.75) is 95.3 Å². The zero-order chi connectivity index (χ0) is 38.9. The third kappa shape index (κ3) is 8.16. The number of fused-ring (bicyclic) bond motifs is 5. The van der Waals surface area contributed by atoms with Crippen LogP contribution in [0.15, 0.2) is 48.1 Å². The minimum Gasteiger partial charge on any atom is -0.495 e. The zero-order valence-corrected chi connectivity index (χ0v) is 32.1. The second kappa shape index (κ2) is 16.0. The van der Waals surface area contributed by atoms with Crippen molar-refractivity contribution >= 4 is 41.2 Å². The number of alkyl carbamates (subject to hydrolysis) is 1. The summed E-state index contributed by atoms with van der Waals surface area (Å²) in [5.74, 6) is -1.96. The van der Waals surface area contributed by atoms with Crippen molar-refractivity contribution in [2.75, 3.05) is 40.3 Å². The number of halogens is 1. The van der Waals surface area contributed by atoms with E-state index in [2.05, 4.69) is 11.9 Å². The number of aliphatic hydroxyl groups is 1. The molecule has 9 atom stereocenters. The number of hydrogen-bond acceptors (Lipinski definition) is 11. The summed E-state index contributed by atoms with van der Waals surface area (Å²) >= 11 is 6.78. The molecule has 3 aliphatic rings. The van der Waals surface area contributed by atoms with E-state index in [1.165, 1.54) is 52.0 Å². The fraction of sp³-hybridized carbons (Fsp3) is 0.568. The van der Waals surface area contributed by atoms with E-state index in [1.54, 1.807) is 51.3 Å². The number of hydrogen-bond donors (Lipinski definition) is 2. The number of carbonyl (C=O) groups excluding carboxylic acids is 4. The van der Waals surface area contributed by atoms with E-state index in [0.717, 1.165) is 5.57 Å². The van der Waals surface area contributed by atoms with E-state index in [-0.39, 0.29) is 23.4 Å². The Labute approximate surface area is 309 Å². The first-order chi connectivity index (χ1) is 24.3. The van der Waals surface area contributed by atoms with Crippen molar-refractivity contribution < 1.29 is 52.7 Å². The highest BCUT2D eigenvalue weighted by Crippen LogP contribution is 2.49.